The Morgan fingerprint density at radius 3 is 2.33 bits per heavy atom. The van der Waals surface area contributed by atoms with E-state index >= 15 is 0 Å². The highest BCUT2D eigenvalue weighted by Gasteiger charge is 2.15. The fourth-order valence-electron chi connectivity index (χ4n) is 1.66. The van der Waals surface area contributed by atoms with E-state index in [2.05, 4.69) is 10.3 Å². The molecule has 0 amide bonds. The van der Waals surface area contributed by atoms with Crippen molar-refractivity contribution in [2.45, 2.75) is 6.92 Å². The van der Waals surface area contributed by atoms with E-state index < -0.39 is 5.97 Å². The van der Waals surface area contributed by atoms with Crippen molar-refractivity contribution in [1.29, 1.82) is 0 Å². The molecule has 94 valence electrons. The molecule has 0 aliphatic carbocycles. The lowest BCUT2D eigenvalue weighted by Gasteiger charge is -2.12. The van der Waals surface area contributed by atoms with Crippen LogP contribution in [0, 0.1) is 6.92 Å². The summed E-state index contributed by atoms with van der Waals surface area (Å²) in [7, 11) is 3.91. The summed E-state index contributed by atoms with van der Waals surface area (Å²) in [5.74, 6) is -1.07. The van der Waals surface area contributed by atoms with Crippen molar-refractivity contribution in [3.8, 4) is 5.69 Å². The maximum atomic E-state index is 10.9. The second kappa shape index (κ2) is 4.48. The van der Waals surface area contributed by atoms with Crippen LogP contribution in [0.2, 0.25) is 0 Å². The molecule has 0 unspecified atom stereocenters. The predicted molar refractivity (Wildman–Crippen MR) is 67.4 cm³/mol. The van der Waals surface area contributed by atoms with E-state index in [1.54, 1.807) is 6.92 Å². The zero-order valence-electron chi connectivity index (χ0n) is 10.5. The summed E-state index contributed by atoms with van der Waals surface area (Å²) in [5, 5.41) is 16.4. The zero-order valence-corrected chi connectivity index (χ0v) is 10.5. The summed E-state index contributed by atoms with van der Waals surface area (Å²) in [6, 6.07) is 7.64. The fraction of sp³-hybridized carbons (Fsp3) is 0.250. The van der Waals surface area contributed by atoms with Gasteiger partial charge < -0.3 is 10.0 Å². The van der Waals surface area contributed by atoms with Crippen LogP contribution in [0.1, 0.15) is 16.2 Å². The molecule has 0 saturated carbocycles. The lowest BCUT2D eigenvalue weighted by molar-refractivity contribution is 0.0689. The number of carboxylic acids is 1. The summed E-state index contributed by atoms with van der Waals surface area (Å²) < 4.78 is 1.52. The van der Waals surface area contributed by atoms with Crippen molar-refractivity contribution in [2.75, 3.05) is 19.0 Å². The molecule has 1 aromatic heterocycles. The molecule has 0 bridgehead atoms. The summed E-state index contributed by atoms with van der Waals surface area (Å²) in [4.78, 5) is 12.9. The average molecular weight is 246 g/mol. The molecule has 0 aliphatic rings. The quantitative estimate of drug-likeness (QED) is 0.884. The van der Waals surface area contributed by atoms with Crippen LogP contribution in [0.3, 0.4) is 0 Å². The van der Waals surface area contributed by atoms with Gasteiger partial charge in [-0.3, -0.25) is 0 Å². The molecular weight excluding hydrogens is 232 g/mol. The fourth-order valence-corrected chi connectivity index (χ4v) is 1.66. The number of aromatic nitrogens is 3. The summed E-state index contributed by atoms with van der Waals surface area (Å²) >= 11 is 0. The van der Waals surface area contributed by atoms with Gasteiger partial charge in [0.25, 0.3) is 0 Å². The van der Waals surface area contributed by atoms with Gasteiger partial charge in [0.1, 0.15) is 0 Å². The highest BCUT2D eigenvalue weighted by molar-refractivity contribution is 5.86. The van der Waals surface area contributed by atoms with Gasteiger partial charge in [-0.2, -0.15) is 0 Å². The highest BCUT2D eigenvalue weighted by Crippen LogP contribution is 2.16. The van der Waals surface area contributed by atoms with E-state index in [1.165, 1.54) is 4.68 Å². The lowest BCUT2D eigenvalue weighted by Crippen LogP contribution is -2.08. The number of anilines is 1. The van der Waals surface area contributed by atoms with Gasteiger partial charge in [-0.05, 0) is 31.2 Å². The van der Waals surface area contributed by atoms with E-state index in [9.17, 15) is 4.79 Å². The minimum atomic E-state index is -1.07. The van der Waals surface area contributed by atoms with Crippen LogP contribution in [0.5, 0.6) is 0 Å². The molecule has 2 rings (SSSR count). The van der Waals surface area contributed by atoms with E-state index in [-0.39, 0.29) is 5.69 Å². The maximum Gasteiger partial charge on any atom is 0.358 e. The van der Waals surface area contributed by atoms with Crippen LogP contribution in [0.4, 0.5) is 5.69 Å². The Morgan fingerprint density at radius 1 is 1.28 bits per heavy atom. The van der Waals surface area contributed by atoms with Crippen molar-refractivity contribution >= 4 is 11.7 Å². The number of carbonyl (C=O) groups is 1. The molecule has 1 N–H and O–H groups in total. The Morgan fingerprint density at radius 2 is 1.89 bits per heavy atom. The Bertz CT molecular complexity index is 572. The number of aromatic carboxylic acids is 1. The van der Waals surface area contributed by atoms with Crippen molar-refractivity contribution < 1.29 is 9.90 Å². The molecule has 0 radical (unpaired) electrons. The lowest BCUT2D eigenvalue weighted by atomic mass is 10.2. The van der Waals surface area contributed by atoms with E-state index in [0.29, 0.717) is 5.69 Å². The van der Waals surface area contributed by atoms with Gasteiger partial charge in [0, 0.05) is 19.8 Å². The molecule has 0 aliphatic heterocycles. The van der Waals surface area contributed by atoms with Crippen LogP contribution in [0.15, 0.2) is 24.3 Å². The normalized spacial score (nSPS) is 10.4. The third-order valence-electron chi connectivity index (χ3n) is 2.71. The number of hydrogen-bond acceptors (Lipinski definition) is 4. The molecule has 6 heteroatoms. The standard InChI is InChI=1S/C12H14N4O2/c1-8-11(12(17)18)13-14-16(8)10-6-4-9(5-7-10)15(2)3/h4-7H,1-3H3,(H,17,18). The first kappa shape index (κ1) is 12.1. The van der Waals surface area contributed by atoms with Gasteiger partial charge in [-0.25, -0.2) is 9.48 Å². The van der Waals surface area contributed by atoms with Gasteiger partial charge in [0.2, 0.25) is 0 Å². The summed E-state index contributed by atoms with van der Waals surface area (Å²) in [6.45, 7) is 1.68. The van der Waals surface area contributed by atoms with Gasteiger partial charge in [0.05, 0.1) is 11.4 Å². The Kier molecular flexibility index (Phi) is 3.01. The minimum absolute atomic E-state index is 0.0216. The Balaban J connectivity index is 2.40. The van der Waals surface area contributed by atoms with Crippen molar-refractivity contribution in [3.63, 3.8) is 0 Å². The van der Waals surface area contributed by atoms with Gasteiger partial charge in [0.15, 0.2) is 5.69 Å². The number of rotatable bonds is 3. The first-order valence-corrected chi connectivity index (χ1v) is 5.44. The Hall–Kier alpha value is -2.37. The predicted octanol–water partition coefficient (Wildman–Crippen LogP) is 1.34. The maximum absolute atomic E-state index is 10.9. The van der Waals surface area contributed by atoms with Crippen molar-refractivity contribution in [1.82, 2.24) is 15.0 Å². The second-order valence-corrected chi connectivity index (χ2v) is 4.15. The third-order valence-corrected chi connectivity index (χ3v) is 2.71. The van der Waals surface area contributed by atoms with Gasteiger partial charge in [-0.15, -0.1) is 5.10 Å². The number of hydrogen-bond donors (Lipinski definition) is 1. The molecule has 2 aromatic rings. The Labute approximate surface area is 104 Å². The van der Waals surface area contributed by atoms with Crippen LogP contribution < -0.4 is 4.90 Å². The van der Waals surface area contributed by atoms with Gasteiger partial charge in [-0.1, -0.05) is 5.21 Å². The van der Waals surface area contributed by atoms with Crippen LogP contribution >= 0.6 is 0 Å². The molecule has 1 heterocycles. The molecule has 0 fully saturated rings. The van der Waals surface area contributed by atoms with E-state index in [4.69, 9.17) is 5.11 Å². The number of carboxylic acid groups (broad SMARTS) is 1. The largest absolute Gasteiger partial charge is 0.476 e. The molecular formula is C12H14N4O2. The summed E-state index contributed by atoms with van der Waals surface area (Å²) in [6.07, 6.45) is 0. The molecule has 6 nitrogen and oxygen atoms in total. The smallest absolute Gasteiger partial charge is 0.358 e. The molecule has 0 saturated heterocycles. The monoisotopic (exact) mass is 246 g/mol. The van der Waals surface area contributed by atoms with Gasteiger partial charge >= 0.3 is 5.97 Å². The minimum Gasteiger partial charge on any atom is -0.476 e. The number of benzene rings is 1. The third kappa shape index (κ3) is 2.04. The first-order chi connectivity index (χ1) is 8.50. The van der Waals surface area contributed by atoms with Crippen LogP contribution in [-0.4, -0.2) is 40.2 Å². The highest BCUT2D eigenvalue weighted by atomic mass is 16.4. The van der Waals surface area contributed by atoms with E-state index in [0.717, 1.165) is 11.4 Å². The molecule has 0 atom stereocenters. The second-order valence-electron chi connectivity index (χ2n) is 4.15. The average Bonchev–Trinajstić information content (AvgIpc) is 2.71. The molecule has 1 aromatic carbocycles. The molecule has 18 heavy (non-hydrogen) atoms. The summed E-state index contributed by atoms with van der Waals surface area (Å²) in [5.41, 5.74) is 2.35. The van der Waals surface area contributed by atoms with Crippen molar-refractivity contribution in [2.24, 2.45) is 0 Å². The van der Waals surface area contributed by atoms with E-state index in [1.807, 2.05) is 43.3 Å². The SMILES string of the molecule is Cc1c(C(=O)O)nnn1-c1ccc(N(C)C)cc1. The number of nitrogens with zero attached hydrogens (tertiary/aromatic N) is 4. The zero-order chi connectivity index (χ0) is 13.3. The first-order valence-electron chi connectivity index (χ1n) is 5.44. The van der Waals surface area contributed by atoms with Crippen LogP contribution in [-0.2, 0) is 0 Å². The molecule has 0 spiro atoms. The van der Waals surface area contributed by atoms with Crippen LogP contribution in [0.25, 0.3) is 5.69 Å². The topological polar surface area (TPSA) is 71.2 Å². The van der Waals surface area contributed by atoms with Crippen molar-refractivity contribution in [3.05, 3.63) is 35.7 Å².